The molecule has 0 bridgehead atoms. The Morgan fingerprint density at radius 1 is 0.947 bits per heavy atom. The van der Waals surface area contributed by atoms with Gasteiger partial charge in [-0.1, -0.05) is 90.6 Å². The van der Waals surface area contributed by atoms with Gasteiger partial charge in [0, 0.05) is 40.4 Å². The first kappa shape index (κ1) is 28.5. The van der Waals surface area contributed by atoms with Crippen molar-refractivity contribution >= 4 is 46.8 Å². The van der Waals surface area contributed by atoms with E-state index in [1.165, 1.54) is 22.7 Å². The Balaban J connectivity index is 1.59. The molecule has 1 N–H and O–H groups in total. The number of carbonyl (C=O) groups is 2. The van der Waals surface area contributed by atoms with Crippen molar-refractivity contribution in [2.24, 2.45) is 0 Å². The molecule has 1 aliphatic carbocycles. The average Bonchev–Trinajstić information content (AvgIpc) is 3.42. The van der Waals surface area contributed by atoms with Crippen LogP contribution in [0.15, 0.2) is 72.8 Å². The maximum absolute atomic E-state index is 14.7. The molecule has 200 valence electrons. The second-order valence-electron chi connectivity index (χ2n) is 9.50. The summed E-state index contributed by atoms with van der Waals surface area (Å²) in [6, 6.07) is 20.6. The van der Waals surface area contributed by atoms with E-state index >= 15 is 0 Å². The van der Waals surface area contributed by atoms with Crippen LogP contribution in [-0.2, 0) is 28.3 Å². The Labute approximate surface area is 237 Å². The van der Waals surface area contributed by atoms with Gasteiger partial charge in [-0.2, -0.15) is 0 Å². The van der Waals surface area contributed by atoms with Gasteiger partial charge in [0.2, 0.25) is 11.8 Å². The highest BCUT2D eigenvalue weighted by Crippen LogP contribution is 2.29. The molecule has 0 spiro atoms. The van der Waals surface area contributed by atoms with Gasteiger partial charge in [-0.25, -0.2) is 4.39 Å². The lowest BCUT2D eigenvalue weighted by Gasteiger charge is -2.32. The fourth-order valence-electron chi connectivity index (χ4n) is 4.73. The van der Waals surface area contributed by atoms with Gasteiger partial charge in [-0.05, 0) is 42.2 Å². The van der Waals surface area contributed by atoms with Crippen molar-refractivity contribution in [3.05, 3.63) is 105 Å². The number of hydrogen-bond donors (Lipinski definition) is 1. The Kier molecular flexibility index (Phi) is 10.5. The smallest absolute Gasteiger partial charge is 0.243 e. The Morgan fingerprint density at radius 2 is 1.61 bits per heavy atom. The van der Waals surface area contributed by atoms with E-state index < -0.39 is 11.9 Å². The molecule has 38 heavy (non-hydrogen) atoms. The molecular weight excluding hydrogens is 542 g/mol. The highest BCUT2D eigenvalue weighted by atomic mass is 35.5. The Hall–Kier alpha value is -2.54. The van der Waals surface area contributed by atoms with E-state index in [-0.39, 0.29) is 30.2 Å². The van der Waals surface area contributed by atoms with E-state index in [1.54, 1.807) is 36.4 Å². The number of amides is 2. The SMILES string of the molecule is O=C(NC1CCCC1)[C@H](Cc1ccccc1)N(Cc1ccccc1F)C(=O)CSCc1c(Cl)cccc1Cl. The number of nitrogens with zero attached hydrogens (tertiary/aromatic N) is 1. The van der Waals surface area contributed by atoms with Crippen molar-refractivity contribution in [1.29, 1.82) is 0 Å². The van der Waals surface area contributed by atoms with Crippen LogP contribution in [0.1, 0.15) is 42.4 Å². The second-order valence-corrected chi connectivity index (χ2v) is 11.3. The maximum Gasteiger partial charge on any atom is 0.243 e. The minimum Gasteiger partial charge on any atom is -0.352 e. The highest BCUT2D eigenvalue weighted by Gasteiger charge is 2.32. The topological polar surface area (TPSA) is 49.4 Å². The van der Waals surface area contributed by atoms with Crippen molar-refractivity contribution < 1.29 is 14.0 Å². The molecule has 0 unspecified atom stereocenters. The molecule has 0 aromatic heterocycles. The summed E-state index contributed by atoms with van der Waals surface area (Å²) in [7, 11) is 0. The monoisotopic (exact) mass is 572 g/mol. The van der Waals surface area contributed by atoms with Crippen LogP contribution in [-0.4, -0.2) is 34.6 Å². The van der Waals surface area contributed by atoms with Crippen molar-refractivity contribution in [3.8, 4) is 0 Å². The van der Waals surface area contributed by atoms with Gasteiger partial charge in [-0.3, -0.25) is 9.59 Å². The van der Waals surface area contributed by atoms with Gasteiger partial charge < -0.3 is 10.2 Å². The molecule has 1 aliphatic rings. The molecule has 1 atom stereocenters. The molecule has 0 radical (unpaired) electrons. The van der Waals surface area contributed by atoms with Crippen molar-refractivity contribution in [1.82, 2.24) is 10.2 Å². The molecule has 0 saturated heterocycles. The van der Waals surface area contributed by atoms with Gasteiger partial charge in [0.1, 0.15) is 11.9 Å². The summed E-state index contributed by atoms with van der Waals surface area (Å²) in [6.07, 6.45) is 4.35. The molecule has 3 aromatic rings. The third-order valence-electron chi connectivity index (χ3n) is 6.80. The summed E-state index contributed by atoms with van der Waals surface area (Å²) in [4.78, 5) is 28.9. The van der Waals surface area contributed by atoms with Gasteiger partial charge in [0.25, 0.3) is 0 Å². The predicted molar refractivity (Wildman–Crippen MR) is 154 cm³/mol. The molecule has 3 aromatic carbocycles. The largest absolute Gasteiger partial charge is 0.352 e. The van der Waals surface area contributed by atoms with Crippen LogP contribution >= 0.6 is 35.0 Å². The van der Waals surface area contributed by atoms with Gasteiger partial charge >= 0.3 is 0 Å². The van der Waals surface area contributed by atoms with E-state index in [9.17, 15) is 14.0 Å². The van der Waals surface area contributed by atoms with Crippen LogP contribution in [0.2, 0.25) is 10.0 Å². The van der Waals surface area contributed by atoms with E-state index in [0.29, 0.717) is 27.8 Å². The average molecular weight is 574 g/mol. The zero-order chi connectivity index (χ0) is 26.9. The number of thioether (sulfide) groups is 1. The lowest BCUT2D eigenvalue weighted by Crippen LogP contribution is -2.52. The summed E-state index contributed by atoms with van der Waals surface area (Å²) in [6.45, 7) is -0.00545. The van der Waals surface area contributed by atoms with Gasteiger partial charge in [-0.15, -0.1) is 11.8 Å². The zero-order valence-electron chi connectivity index (χ0n) is 21.0. The molecule has 0 heterocycles. The van der Waals surface area contributed by atoms with Crippen LogP contribution in [0.4, 0.5) is 4.39 Å². The summed E-state index contributed by atoms with van der Waals surface area (Å²) < 4.78 is 14.7. The fraction of sp³-hybridized carbons (Fsp3) is 0.333. The van der Waals surface area contributed by atoms with Crippen molar-refractivity contribution in [2.75, 3.05) is 5.75 Å². The number of halogens is 3. The zero-order valence-corrected chi connectivity index (χ0v) is 23.4. The minimum absolute atomic E-state index is 0.00545. The number of rotatable bonds is 11. The molecule has 0 aliphatic heterocycles. The Bertz CT molecular complexity index is 1220. The molecule has 1 fully saturated rings. The van der Waals surface area contributed by atoms with Gasteiger partial charge in [0.15, 0.2) is 0 Å². The van der Waals surface area contributed by atoms with Crippen LogP contribution < -0.4 is 5.32 Å². The molecule has 2 amide bonds. The van der Waals surface area contributed by atoms with E-state index in [2.05, 4.69) is 5.32 Å². The van der Waals surface area contributed by atoms with Gasteiger partial charge in [0.05, 0.1) is 5.75 Å². The third kappa shape index (κ3) is 7.75. The summed E-state index contributed by atoms with van der Waals surface area (Å²) in [5.41, 5.74) is 2.06. The normalized spacial score (nSPS) is 14.3. The van der Waals surface area contributed by atoms with Crippen LogP contribution in [0.3, 0.4) is 0 Å². The predicted octanol–water partition coefficient (Wildman–Crippen LogP) is 7.06. The van der Waals surface area contributed by atoms with Crippen LogP contribution in [0, 0.1) is 5.82 Å². The van der Waals surface area contributed by atoms with Crippen molar-refractivity contribution in [3.63, 3.8) is 0 Å². The lowest BCUT2D eigenvalue weighted by molar-refractivity contribution is -0.139. The minimum atomic E-state index is -0.783. The summed E-state index contributed by atoms with van der Waals surface area (Å²) in [5.74, 6) is -0.322. The first-order valence-corrected chi connectivity index (χ1v) is 14.7. The number of nitrogens with one attached hydrogen (secondary N) is 1. The van der Waals surface area contributed by atoms with Crippen LogP contribution in [0.5, 0.6) is 0 Å². The molecular formula is C30H31Cl2FN2O2S. The number of hydrogen-bond acceptors (Lipinski definition) is 3. The quantitative estimate of drug-likeness (QED) is 0.267. The van der Waals surface area contributed by atoms with E-state index in [1.807, 2.05) is 30.3 Å². The summed E-state index contributed by atoms with van der Waals surface area (Å²) >= 11 is 14.0. The van der Waals surface area contributed by atoms with E-state index in [4.69, 9.17) is 23.2 Å². The molecule has 4 rings (SSSR count). The first-order chi connectivity index (χ1) is 18.4. The lowest BCUT2D eigenvalue weighted by atomic mass is 10.0. The van der Waals surface area contributed by atoms with Crippen molar-refractivity contribution in [2.45, 2.75) is 56.5 Å². The third-order valence-corrected chi connectivity index (χ3v) is 8.46. The molecule has 4 nitrogen and oxygen atoms in total. The highest BCUT2D eigenvalue weighted by molar-refractivity contribution is 7.99. The summed E-state index contributed by atoms with van der Waals surface area (Å²) in [5, 5.41) is 4.24. The fourth-order valence-corrected chi connectivity index (χ4v) is 6.37. The first-order valence-electron chi connectivity index (χ1n) is 12.8. The molecule has 1 saturated carbocycles. The Morgan fingerprint density at radius 3 is 2.29 bits per heavy atom. The number of carbonyl (C=O) groups excluding carboxylic acids is 2. The molecule has 8 heteroatoms. The van der Waals surface area contributed by atoms with E-state index in [0.717, 1.165) is 36.8 Å². The number of benzene rings is 3. The van der Waals surface area contributed by atoms with Crippen LogP contribution in [0.25, 0.3) is 0 Å². The second kappa shape index (κ2) is 14.0. The standard InChI is InChI=1S/C30H31Cl2FN2O2S/c31-25-14-8-15-26(32)24(25)19-38-20-29(36)35(18-22-11-4-7-16-27(22)33)28(17-21-9-2-1-3-10-21)30(37)34-23-12-5-6-13-23/h1-4,7-11,14-16,23,28H,5-6,12-13,17-20H2,(H,34,37)/t28-/m0/s1. The maximum atomic E-state index is 14.7.